The Labute approximate surface area is 120 Å². The summed E-state index contributed by atoms with van der Waals surface area (Å²) in [5.41, 5.74) is 1.36. The lowest BCUT2D eigenvalue weighted by atomic mass is 10.1. The van der Waals surface area contributed by atoms with Crippen LogP contribution in [0.2, 0.25) is 0 Å². The lowest BCUT2D eigenvalue weighted by molar-refractivity contribution is 0.112. The van der Waals surface area contributed by atoms with Gasteiger partial charge in [-0.1, -0.05) is 18.2 Å². The first-order valence-corrected chi connectivity index (χ1v) is 7.44. The van der Waals surface area contributed by atoms with E-state index in [1.807, 2.05) is 23.1 Å². The van der Waals surface area contributed by atoms with E-state index in [0.717, 1.165) is 19.7 Å². The van der Waals surface area contributed by atoms with E-state index in [4.69, 9.17) is 4.74 Å². The summed E-state index contributed by atoms with van der Waals surface area (Å²) < 4.78 is 7.30. The largest absolute Gasteiger partial charge is 0.383 e. The van der Waals surface area contributed by atoms with E-state index in [9.17, 15) is 0 Å². The molecule has 1 saturated heterocycles. The Hall–Kier alpha value is -1.39. The van der Waals surface area contributed by atoms with Crippen LogP contribution in [-0.4, -0.2) is 47.5 Å². The van der Waals surface area contributed by atoms with Crippen molar-refractivity contribution in [2.75, 3.05) is 26.8 Å². The van der Waals surface area contributed by atoms with E-state index in [2.05, 4.69) is 28.2 Å². The number of aromatic nitrogens is 2. The molecule has 0 radical (unpaired) electrons. The van der Waals surface area contributed by atoms with Crippen molar-refractivity contribution in [3.05, 3.63) is 42.3 Å². The van der Waals surface area contributed by atoms with Crippen molar-refractivity contribution in [1.29, 1.82) is 0 Å². The number of hydrogen-bond donors (Lipinski definition) is 0. The van der Waals surface area contributed by atoms with Gasteiger partial charge < -0.3 is 4.74 Å². The quantitative estimate of drug-likeness (QED) is 0.795. The van der Waals surface area contributed by atoms with Gasteiger partial charge in [0.1, 0.15) is 0 Å². The molecule has 0 bridgehead atoms. The summed E-state index contributed by atoms with van der Waals surface area (Å²) in [5, 5.41) is 4.26. The van der Waals surface area contributed by atoms with Crippen molar-refractivity contribution < 1.29 is 4.74 Å². The minimum absolute atomic E-state index is 0.540. The van der Waals surface area contributed by atoms with Crippen LogP contribution in [-0.2, 0) is 11.3 Å². The molecule has 1 aromatic rings. The second-order valence-electron chi connectivity index (χ2n) is 5.71. The predicted molar refractivity (Wildman–Crippen MR) is 79.4 cm³/mol. The average molecular weight is 273 g/mol. The summed E-state index contributed by atoms with van der Waals surface area (Å²) in [5.74, 6) is 0.540. The molecule has 1 aliphatic carbocycles. The van der Waals surface area contributed by atoms with Crippen molar-refractivity contribution in [1.82, 2.24) is 14.7 Å². The Bertz CT molecular complexity index is 478. The Morgan fingerprint density at radius 1 is 1.45 bits per heavy atom. The summed E-state index contributed by atoms with van der Waals surface area (Å²) in [4.78, 5) is 2.58. The highest BCUT2D eigenvalue weighted by Gasteiger charge is 2.26. The van der Waals surface area contributed by atoms with Crippen LogP contribution in [0.3, 0.4) is 0 Å². The van der Waals surface area contributed by atoms with Gasteiger partial charge in [0.2, 0.25) is 0 Å². The van der Waals surface area contributed by atoms with Crippen molar-refractivity contribution in [2.24, 2.45) is 5.92 Å². The molecule has 1 aliphatic heterocycles. The standard InChI is InChI=1S/C16H23N3O/c1-20-13-16-4-2-8-18(16)11-14-5-6-15(10-14)12-19-9-3-7-17-19/h3,5-7,9-10,14,16H,2,4,8,11-13H2,1H3/t14?,16-/m1/s1. The highest BCUT2D eigenvalue weighted by atomic mass is 16.5. The number of hydrogen-bond acceptors (Lipinski definition) is 3. The molecule has 0 spiro atoms. The maximum Gasteiger partial charge on any atom is 0.0656 e. The van der Waals surface area contributed by atoms with Crippen LogP contribution in [0.15, 0.2) is 42.3 Å². The fraction of sp³-hybridized carbons (Fsp3) is 0.562. The Balaban J connectivity index is 1.54. The van der Waals surface area contributed by atoms with Crippen molar-refractivity contribution >= 4 is 0 Å². The number of nitrogens with zero attached hydrogens (tertiary/aromatic N) is 3. The minimum Gasteiger partial charge on any atom is -0.383 e. The summed E-state index contributed by atoms with van der Waals surface area (Å²) in [6.07, 6.45) is 13.4. The molecule has 2 heterocycles. The van der Waals surface area contributed by atoms with Gasteiger partial charge in [0, 0.05) is 38.0 Å². The molecule has 4 heteroatoms. The molecule has 0 aromatic carbocycles. The maximum atomic E-state index is 5.33. The molecule has 108 valence electrons. The van der Waals surface area contributed by atoms with Crippen LogP contribution in [0.25, 0.3) is 0 Å². The van der Waals surface area contributed by atoms with Crippen LogP contribution < -0.4 is 0 Å². The molecular formula is C16H23N3O. The molecule has 4 nitrogen and oxygen atoms in total. The lowest BCUT2D eigenvalue weighted by Crippen LogP contribution is -2.35. The van der Waals surface area contributed by atoms with E-state index < -0.39 is 0 Å². The van der Waals surface area contributed by atoms with Crippen LogP contribution in [0.1, 0.15) is 12.8 Å². The van der Waals surface area contributed by atoms with Gasteiger partial charge in [0.25, 0.3) is 0 Å². The van der Waals surface area contributed by atoms with E-state index >= 15 is 0 Å². The van der Waals surface area contributed by atoms with Gasteiger partial charge in [-0.2, -0.15) is 5.10 Å². The molecular weight excluding hydrogens is 250 g/mol. The number of allylic oxidation sites excluding steroid dienone is 2. The topological polar surface area (TPSA) is 30.3 Å². The molecule has 0 saturated carbocycles. The Kier molecular flexibility index (Phi) is 4.33. The van der Waals surface area contributed by atoms with Gasteiger partial charge in [-0.05, 0) is 31.0 Å². The summed E-state index contributed by atoms with van der Waals surface area (Å²) in [6, 6.07) is 2.58. The second-order valence-corrected chi connectivity index (χ2v) is 5.71. The fourth-order valence-electron chi connectivity index (χ4n) is 3.22. The zero-order chi connectivity index (χ0) is 13.8. The number of rotatable bonds is 6. The lowest BCUT2D eigenvalue weighted by Gasteiger charge is -2.25. The number of methoxy groups -OCH3 is 1. The molecule has 1 fully saturated rings. The zero-order valence-corrected chi connectivity index (χ0v) is 12.1. The highest BCUT2D eigenvalue weighted by Crippen LogP contribution is 2.23. The summed E-state index contributed by atoms with van der Waals surface area (Å²) in [7, 11) is 1.80. The van der Waals surface area contributed by atoms with Crippen LogP contribution in [0, 0.1) is 5.92 Å². The third-order valence-corrected chi connectivity index (χ3v) is 4.19. The van der Waals surface area contributed by atoms with Gasteiger partial charge in [-0.3, -0.25) is 9.58 Å². The van der Waals surface area contributed by atoms with Gasteiger partial charge in [-0.25, -0.2) is 0 Å². The van der Waals surface area contributed by atoms with Gasteiger partial charge >= 0.3 is 0 Å². The van der Waals surface area contributed by atoms with E-state index in [0.29, 0.717) is 12.0 Å². The smallest absolute Gasteiger partial charge is 0.0656 e. The van der Waals surface area contributed by atoms with Gasteiger partial charge in [0.15, 0.2) is 0 Å². The first-order valence-electron chi connectivity index (χ1n) is 7.44. The first kappa shape index (κ1) is 13.6. The van der Waals surface area contributed by atoms with Gasteiger partial charge in [-0.15, -0.1) is 0 Å². The molecule has 3 rings (SSSR count). The van der Waals surface area contributed by atoms with Crippen LogP contribution >= 0.6 is 0 Å². The maximum absolute atomic E-state index is 5.33. The summed E-state index contributed by atoms with van der Waals surface area (Å²) in [6.45, 7) is 4.07. The van der Waals surface area contributed by atoms with Crippen LogP contribution in [0.5, 0.6) is 0 Å². The van der Waals surface area contributed by atoms with Crippen LogP contribution in [0.4, 0.5) is 0 Å². The molecule has 2 atom stereocenters. The fourth-order valence-corrected chi connectivity index (χ4v) is 3.22. The molecule has 1 unspecified atom stereocenters. The molecule has 1 aromatic heterocycles. The number of ether oxygens (including phenoxy) is 1. The predicted octanol–water partition coefficient (Wildman–Crippen LogP) is 2.11. The highest BCUT2D eigenvalue weighted by molar-refractivity contribution is 5.29. The first-order chi connectivity index (χ1) is 9.85. The third-order valence-electron chi connectivity index (χ3n) is 4.19. The van der Waals surface area contributed by atoms with E-state index in [1.165, 1.54) is 25.0 Å². The van der Waals surface area contributed by atoms with Gasteiger partial charge in [0.05, 0.1) is 13.2 Å². The monoisotopic (exact) mass is 273 g/mol. The molecule has 0 amide bonds. The number of likely N-dealkylation sites (tertiary alicyclic amines) is 1. The second kappa shape index (κ2) is 6.37. The van der Waals surface area contributed by atoms with Crippen molar-refractivity contribution in [3.8, 4) is 0 Å². The molecule has 2 aliphatic rings. The Morgan fingerprint density at radius 2 is 2.40 bits per heavy atom. The summed E-state index contributed by atoms with van der Waals surface area (Å²) >= 11 is 0. The average Bonchev–Trinajstić information content (AvgIpc) is 3.15. The normalized spacial score (nSPS) is 26.4. The zero-order valence-electron chi connectivity index (χ0n) is 12.1. The Morgan fingerprint density at radius 3 is 3.20 bits per heavy atom. The third kappa shape index (κ3) is 3.19. The molecule has 0 N–H and O–H groups in total. The molecule has 20 heavy (non-hydrogen) atoms. The van der Waals surface area contributed by atoms with E-state index in [1.54, 1.807) is 7.11 Å². The SMILES string of the molecule is COC[C@H]1CCCN1CC1C=CC(Cn2cccn2)=C1. The van der Waals surface area contributed by atoms with Crippen molar-refractivity contribution in [2.45, 2.75) is 25.4 Å². The minimum atomic E-state index is 0.540. The van der Waals surface area contributed by atoms with E-state index in [-0.39, 0.29) is 0 Å². The van der Waals surface area contributed by atoms with Crippen molar-refractivity contribution in [3.63, 3.8) is 0 Å².